The van der Waals surface area contributed by atoms with Crippen molar-refractivity contribution in [2.24, 2.45) is 5.73 Å². The number of benzene rings is 2. The Morgan fingerprint density at radius 1 is 1.12 bits per heavy atom. The Bertz CT molecular complexity index is 793. The van der Waals surface area contributed by atoms with Gasteiger partial charge in [0.25, 0.3) is 5.91 Å². The summed E-state index contributed by atoms with van der Waals surface area (Å²) in [6.07, 6.45) is 0. The number of nitrogens with one attached hydrogen (secondary N) is 1. The number of halogens is 2. The van der Waals surface area contributed by atoms with E-state index in [-0.39, 0.29) is 10.6 Å². The van der Waals surface area contributed by atoms with E-state index in [0.717, 1.165) is 12.1 Å². The molecule has 0 radical (unpaired) electrons. The number of nitrogens with two attached hydrogens (primary N) is 1. The van der Waals surface area contributed by atoms with Gasteiger partial charge in [-0.3, -0.25) is 9.59 Å². The number of hydrogen-bond acceptors (Lipinski definition) is 4. The standard InChI is InChI=1S/C16H12ClFN2O4/c17-13-7-10(18)3-6-12(13)16(23)24-8-14(21)20-11-4-1-9(2-5-11)15(19)22/h1-7H,8H2,(H2,19,22)(H,20,21). The van der Waals surface area contributed by atoms with Gasteiger partial charge in [-0.15, -0.1) is 0 Å². The molecule has 0 aliphatic rings. The van der Waals surface area contributed by atoms with Crippen LogP contribution in [0.15, 0.2) is 42.5 Å². The number of anilines is 1. The third kappa shape index (κ3) is 4.53. The van der Waals surface area contributed by atoms with Gasteiger partial charge < -0.3 is 15.8 Å². The van der Waals surface area contributed by atoms with Crippen molar-refractivity contribution in [3.63, 3.8) is 0 Å². The molecule has 8 heteroatoms. The number of primary amides is 1. The van der Waals surface area contributed by atoms with Gasteiger partial charge in [-0.1, -0.05) is 11.6 Å². The van der Waals surface area contributed by atoms with E-state index in [1.807, 2.05) is 0 Å². The van der Waals surface area contributed by atoms with E-state index >= 15 is 0 Å². The number of carbonyl (C=O) groups excluding carboxylic acids is 3. The molecule has 0 spiro atoms. The molecule has 2 amide bonds. The normalized spacial score (nSPS) is 10.1. The van der Waals surface area contributed by atoms with Crippen molar-refractivity contribution < 1.29 is 23.5 Å². The third-order valence-corrected chi connectivity index (χ3v) is 3.25. The molecule has 2 rings (SSSR count). The van der Waals surface area contributed by atoms with Crippen LogP contribution in [0, 0.1) is 5.82 Å². The van der Waals surface area contributed by atoms with Crippen LogP contribution in [0.1, 0.15) is 20.7 Å². The number of esters is 1. The van der Waals surface area contributed by atoms with Crippen LogP contribution in [-0.2, 0) is 9.53 Å². The second kappa shape index (κ2) is 7.56. The van der Waals surface area contributed by atoms with Crippen molar-refractivity contribution in [1.82, 2.24) is 0 Å². The van der Waals surface area contributed by atoms with Gasteiger partial charge in [0.2, 0.25) is 5.91 Å². The van der Waals surface area contributed by atoms with Crippen LogP contribution in [-0.4, -0.2) is 24.4 Å². The number of ether oxygens (including phenoxy) is 1. The molecule has 0 atom stereocenters. The van der Waals surface area contributed by atoms with Crippen molar-refractivity contribution in [2.75, 3.05) is 11.9 Å². The van der Waals surface area contributed by atoms with Crippen molar-refractivity contribution in [1.29, 1.82) is 0 Å². The lowest BCUT2D eigenvalue weighted by Gasteiger charge is -2.08. The summed E-state index contributed by atoms with van der Waals surface area (Å²) in [6.45, 7) is -0.551. The van der Waals surface area contributed by atoms with E-state index in [4.69, 9.17) is 22.1 Å². The summed E-state index contributed by atoms with van der Waals surface area (Å²) in [5.41, 5.74) is 5.76. The minimum absolute atomic E-state index is 0.0447. The molecular formula is C16H12ClFN2O4. The molecule has 0 aliphatic heterocycles. The first-order chi connectivity index (χ1) is 11.4. The van der Waals surface area contributed by atoms with E-state index in [2.05, 4.69) is 5.32 Å². The fourth-order valence-corrected chi connectivity index (χ4v) is 2.02. The Labute approximate surface area is 141 Å². The van der Waals surface area contributed by atoms with Crippen molar-refractivity contribution in [3.05, 3.63) is 64.4 Å². The highest BCUT2D eigenvalue weighted by molar-refractivity contribution is 6.33. The van der Waals surface area contributed by atoms with Gasteiger partial charge in [0, 0.05) is 11.3 Å². The van der Waals surface area contributed by atoms with Crippen molar-refractivity contribution >= 4 is 35.1 Å². The summed E-state index contributed by atoms with van der Waals surface area (Å²) >= 11 is 5.73. The van der Waals surface area contributed by atoms with E-state index < -0.39 is 30.2 Å². The minimum atomic E-state index is -0.848. The molecule has 24 heavy (non-hydrogen) atoms. The van der Waals surface area contributed by atoms with Crippen LogP contribution in [0.3, 0.4) is 0 Å². The van der Waals surface area contributed by atoms with Crippen LogP contribution < -0.4 is 11.1 Å². The zero-order chi connectivity index (χ0) is 17.7. The van der Waals surface area contributed by atoms with Crippen LogP contribution in [0.2, 0.25) is 5.02 Å². The minimum Gasteiger partial charge on any atom is -0.452 e. The summed E-state index contributed by atoms with van der Waals surface area (Å²) in [4.78, 5) is 34.5. The maximum absolute atomic E-state index is 12.9. The fraction of sp³-hybridized carbons (Fsp3) is 0.0625. The molecule has 2 aromatic carbocycles. The second-order valence-corrected chi connectivity index (χ2v) is 5.10. The molecule has 0 aliphatic carbocycles. The average molecular weight is 351 g/mol. The van der Waals surface area contributed by atoms with E-state index in [9.17, 15) is 18.8 Å². The average Bonchev–Trinajstić information content (AvgIpc) is 2.53. The molecule has 0 unspecified atom stereocenters. The summed E-state index contributed by atoms with van der Waals surface area (Å²) in [6, 6.07) is 9.06. The molecule has 6 nitrogen and oxygen atoms in total. The zero-order valence-corrected chi connectivity index (χ0v) is 13.0. The second-order valence-electron chi connectivity index (χ2n) is 4.69. The lowest BCUT2D eigenvalue weighted by atomic mass is 10.2. The number of amides is 2. The Morgan fingerprint density at radius 3 is 2.38 bits per heavy atom. The van der Waals surface area contributed by atoms with E-state index in [1.165, 1.54) is 30.3 Å². The number of carbonyl (C=O) groups is 3. The molecule has 124 valence electrons. The summed E-state index contributed by atoms with van der Waals surface area (Å²) in [7, 11) is 0. The fourth-order valence-electron chi connectivity index (χ4n) is 1.78. The summed E-state index contributed by atoms with van der Waals surface area (Å²) in [5.74, 6) is -2.61. The predicted octanol–water partition coefficient (Wildman–Crippen LogP) is 2.37. The lowest BCUT2D eigenvalue weighted by Crippen LogP contribution is -2.21. The Balaban J connectivity index is 1.90. The van der Waals surface area contributed by atoms with Crippen LogP contribution >= 0.6 is 11.6 Å². The highest BCUT2D eigenvalue weighted by Crippen LogP contribution is 2.18. The van der Waals surface area contributed by atoms with Crippen LogP contribution in [0.25, 0.3) is 0 Å². The van der Waals surface area contributed by atoms with E-state index in [0.29, 0.717) is 11.3 Å². The van der Waals surface area contributed by atoms with Gasteiger partial charge in [0.05, 0.1) is 10.6 Å². The van der Waals surface area contributed by atoms with Gasteiger partial charge in [-0.25, -0.2) is 9.18 Å². The third-order valence-electron chi connectivity index (χ3n) is 2.94. The molecule has 0 saturated heterocycles. The van der Waals surface area contributed by atoms with Gasteiger partial charge in [0.1, 0.15) is 5.82 Å². The maximum atomic E-state index is 12.9. The van der Waals surface area contributed by atoms with Crippen LogP contribution in [0.4, 0.5) is 10.1 Å². The first-order valence-corrected chi connectivity index (χ1v) is 7.06. The monoisotopic (exact) mass is 350 g/mol. The molecular weight excluding hydrogens is 339 g/mol. The first-order valence-electron chi connectivity index (χ1n) is 6.68. The Hall–Kier alpha value is -2.93. The van der Waals surface area contributed by atoms with Gasteiger partial charge in [-0.05, 0) is 42.5 Å². The summed E-state index contributed by atoms with van der Waals surface area (Å²) < 4.78 is 17.7. The highest BCUT2D eigenvalue weighted by atomic mass is 35.5. The smallest absolute Gasteiger partial charge is 0.340 e. The van der Waals surface area contributed by atoms with Gasteiger partial charge in [-0.2, -0.15) is 0 Å². The molecule has 0 heterocycles. The Morgan fingerprint density at radius 2 is 1.79 bits per heavy atom. The topological polar surface area (TPSA) is 98.5 Å². The van der Waals surface area contributed by atoms with Gasteiger partial charge in [0.15, 0.2) is 6.61 Å². The predicted molar refractivity (Wildman–Crippen MR) is 85.3 cm³/mol. The molecule has 0 aromatic heterocycles. The number of hydrogen-bond donors (Lipinski definition) is 2. The molecule has 3 N–H and O–H groups in total. The lowest BCUT2D eigenvalue weighted by molar-refractivity contribution is -0.119. The van der Waals surface area contributed by atoms with Crippen molar-refractivity contribution in [3.8, 4) is 0 Å². The maximum Gasteiger partial charge on any atom is 0.340 e. The summed E-state index contributed by atoms with van der Waals surface area (Å²) in [5, 5.41) is 2.37. The van der Waals surface area contributed by atoms with Gasteiger partial charge >= 0.3 is 5.97 Å². The molecule has 0 saturated carbocycles. The van der Waals surface area contributed by atoms with Crippen LogP contribution in [0.5, 0.6) is 0 Å². The molecule has 0 bridgehead atoms. The molecule has 0 fully saturated rings. The zero-order valence-electron chi connectivity index (χ0n) is 12.2. The van der Waals surface area contributed by atoms with Crippen molar-refractivity contribution in [2.45, 2.75) is 0 Å². The highest BCUT2D eigenvalue weighted by Gasteiger charge is 2.14. The van der Waals surface area contributed by atoms with E-state index in [1.54, 1.807) is 0 Å². The SMILES string of the molecule is NC(=O)c1ccc(NC(=O)COC(=O)c2ccc(F)cc2Cl)cc1. The number of rotatable bonds is 5. The first kappa shape index (κ1) is 17.4. The molecule has 2 aromatic rings. The quantitative estimate of drug-likeness (QED) is 0.809. The Kier molecular flexibility index (Phi) is 5.49. The largest absolute Gasteiger partial charge is 0.452 e.